The minimum Gasteiger partial charge on any atom is -0.394 e. The fourth-order valence-electron chi connectivity index (χ4n) is 2.32. The summed E-state index contributed by atoms with van der Waals surface area (Å²) >= 11 is 0. The van der Waals surface area contributed by atoms with Gasteiger partial charge in [-0.15, -0.1) is 0 Å². The Morgan fingerprint density at radius 1 is 1.41 bits per heavy atom. The summed E-state index contributed by atoms with van der Waals surface area (Å²) in [6.07, 6.45) is -2.46. The van der Waals surface area contributed by atoms with E-state index in [1.54, 1.807) is 6.92 Å². The van der Waals surface area contributed by atoms with Crippen molar-refractivity contribution in [1.29, 1.82) is 0 Å². The largest absolute Gasteiger partial charge is 0.394 e. The zero-order valence-corrected chi connectivity index (χ0v) is 12.4. The van der Waals surface area contributed by atoms with E-state index in [0.29, 0.717) is 12.2 Å². The Balaban J connectivity index is 2.31. The standard InChI is InChI=1S/C13H20N2O7/c1-7-5-15(13(19)14-11(7)18)12-10(21-4-3-20-2)9(17)8(6-16)22-12/h5,8-10,12,16-17H,3-4,6H2,1-2H3,(H,14,18,19)/t8-,9+,10+,12-/m0/s1. The second kappa shape index (κ2) is 7.16. The number of hydrogen-bond acceptors (Lipinski definition) is 7. The molecule has 0 amide bonds. The molecule has 1 aliphatic heterocycles. The molecule has 22 heavy (non-hydrogen) atoms. The molecule has 1 aliphatic rings. The summed E-state index contributed by atoms with van der Waals surface area (Å²) in [7, 11) is 1.51. The van der Waals surface area contributed by atoms with Crippen molar-refractivity contribution in [3.63, 3.8) is 0 Å². The predicted octanol–water partition coefficient (Wildman–Crippen LogP) is -1.87. The topological polar surface area (TPSA) is 123 Å². The lowest BCUT2D eigenvalue weighted by molar-refractivity contribution is -0.0820. The van der Waals surface area contributed by atoms with E-state index in [1.165, 1.54) is 13.3 Å². The maximum atomic E-state index is 12.0. The van der Waals surface area contributed by atoms with Crippen LogP contribution < -0.4 is 11.2 Å². The molecule has 9 nitrogen and oxygen atoms in total. The van der Waals surface area contributed by atoms with Gasteiger partial charge in [0.15, 0.2) is 6.23 Å². The Hall–Kier alpha value is -1.52. The number of aliphatic hydroxyl groups is 2. The summed E-state index contributed by atoms with van der Waals surface area (Å²) in [5, 5.41) is 19.4. The molecule has 2 heterocycles. The van der Waals surface area contributed by atoms with Crippen molar-refractivity contribution in [2.75, 3.05) is 26.9 Å². The van der Waals surface area contributed by atoms with Crippen LogP contribution in [0, 0.1) is 6.92 Å². The molecule has 0 spiro atoms. The van der Waals surface area contributed by atoms with Crippen molar-refractivity contribution < 1.29 is 24.4 Å². The van der Waals surface area contributed by atoms with Gasteiger partial charge in [0.25, 0.3) is 5.56 Å². The molecular weight excluding hydrogens is 296 g/mol. The average Bonchev–Trinajstić information content (AvgIpc) is 2.80. The summed E-state index contributed by atoms with van der Waals surface area (Å²) in [6.45, 7) is 1.62. The number of rotatable bonds is 6. The Morgan fingerprint density at radius 3 is 2.77 bits per heavy atom. The van der Waals surface area contributed by atoms with Crippen LogP contribution >= 0.6 is 0 Å². The van der Waals surface area contributed by atoms with Gasteiger partial charge in [0.2, 0.25) is 0 Å². The quantitative estimate of drug-likeness (QED) is 0.525. The molecule has 4 atom stereocenters. The number of methoxy groups -OCH3 is 1. The van der Waals surface area contributed by atoms with Crippen LogP contribution in [-0.2, 0) is 14.2 Å². The van der Waals surface area contributed by atoms with Gasteiger partial charge in [-0.2, -0.15) is 0 Å². The van der Waals surface area contributed by atoms with E-state index in [9.17, 15) is 19.8 Å². The second-order valence-corrected chi connectivity index (χ2v) is 5.05. The van der Waals surface area contributed by atoms with Crippen molar-refractivity contribution in [2.45, 2.75) is 31.5 Å². The van der Waals surface area contributed by atoms with E-state index < -0.39 is 42.4 Å². The third-order valence-electron chi connectivity index (χ3n) is 3.51. The zero-order chi connectivity index (χ0) is 16.3. The average molecular weight is 316 g/mol. The van der Waals surface area contributed by atoms with Crippen LogP contribution in [0.5, 0.6) is 0 Å². The van der Waals surface area contributed by atoms with Gasteiger partial charge in [-0.25, -0.2) is 4.79 Å². The molecule has 1 saturated heterocycles. The third kappa shape index (κ3) is 3.28. The highest BCUT2D eigenvalue weighted by atomic mass is 16.6. The first kappa shape index (κ1) is 16.8. The number of aromatic nitrogens is 2. The first-order valence-corrected chi connectivity index (χ1v) is 6.86. The maximum absolute atomic E-state index is 12.0. The SMILES string of the molecule is COCCO[C@@H]1[C@H](O)[C@H](CO)O[C@@H]1n1cc(C)c(=O)[nH]c1=O. The van der Waals surface area contributed by atoms with Crippen molar-refractivity contribution in [1.82, 2.24) is 9.55 Å². The molecule has 2 rings (SSSR count). The number of ether oxygens (including phenoxy) is 3. The van der Waals surface area contributed by atoms with Crippen LogP contribution in [0.4, 0.5) is 0 Å². The maximum Gasteiger partial charge on any atom is 0.330 e. The van der Waals surface area contributed by atoms with E-state index in [0.717, 1.165) is 4.57 Å². The molecule has 1 aromatic rings. The highest BCUT2D eigenvalue weighted by molar-refractivity contribution is 5.03. The summed E-state index contributed by atoms with van der Waals surface area (Å²) in [5.74, 6) is 0. The monoisotopic (exact) mass is 316 g/mol. The number of H-pyrrole nitrogens is 1. The fraction of sp³-hybridized carbons (Fsp3) is 0.692. The number of aliphatic hydroxyl groups excluding tert-OH is 2. The van der Waals surface area contributed by atoms with Crippen molar-refractivity contribution in [2.24, 2.45) is 0 Å². The molecule has 1 aromatic heterocycles. The molecule has 0 bridgehead atoms. The lowest BCUT2D eigenvalue weighted by Crippen LogP contribution is -2.40. The van der Waals surface area contributed by atoms with Crippen LogP contribution in [-0.4, -0.2) is 65.0 Å². The Bertz CT molecular complexity index is 611. The highest BCUT2D eigenvalue weighted by Crippen LogP contribution is 2.30. The first-order valence-electron chi connectivity index (χ1n) is 6.86. The summed E-state index contributed by atoms with van der Waals surface area (Å²) < 4.78 is 17.0. The van der Waals surface area contributed by atoms with Gasteiger partial charge in [-0.3, -0.25) is 14.3 Å². The van der Waals surface area contributed by atoms with Crippen molar-refractivity contribution >= 4 is 0 Å². The predicted molar refractivity (Wildman–Crippen MR) is 74.7 cm³/mol. The molecule has 0 aromatic carbocycles. The molecule has 0 unspecified atom stereocenters. The molecular formula is C13H20N2O7. The van der Waals surface area contributed by atoms with E-state index in [-0.39, 0.29) is 6.61 Å². The van der Waals surface area contributed by atoms with Gasteiger partial charge in [0, 0.05) is 18.9 Å². The summed E-state index contributed by atoms with van der Waals surface area (Å²) in [4.78, 5) is 25.6. The summed E-state index contributed by atoms with van der Waals surface area (Å²) in [5.41, 5.74) is -0.845. The summed E-state index contributed by atoms with van der Waals surface area (Å²) in [6, 6.07) is 0. The van der Waals surface area contributed by atoms with Crippen LogP contribution in [0.1, 0.15) is 11.8 Å². The molecule has 0 radical (unpaired) electrons. The molecule has 9 heteroatoms. The normalized spacial score (nSPS) is 28.2. The molecule has 124 valence electrons. The van der Waals surface area contributed by atoms with Crippen LogP contribution in [0.25, 0.3) is 0 Å². The van der Waals surface area contributed by atoms with Crippen LogP contribution in [0.15, 0.2) is 15.8 Å². The van der Waals surface area contributed by atoms with Crippen molar-refractivity contribution in [3.05, 3.63) is 32.6 Å². The smallest absolute Gasteiger partial charge is 0.330 e. The van der Waals surface area contributed by atoms with Gasteiger partial charge in [-0.1, -0.05) is 0 Å². The molecule has 0 aliphatic carbocycles. The minimum absolute atomic E-state index is 0.188. The lowest BCUT2D eigenvalue weighted by Gasteiger charge is -2.22. The highest BCUT2D eigenvalue weighted by Gasteiger charge is 2.45. The van der Waals surface area contributed by atoms with Crippen molar-refractivity contribution in [3.8, 4) is 0 Å². The van der Waals surface area contributed by atoms with Gasteiger partial charge in [0.05, 0.1) is 19.8 Å². The fourth-order valence-corrected chi connectivity index (χ4v) is 2.32. The Morgan fingerprint density at radius 2 is 2.14 bits per heavy atom. The molecule has 0 saturated carbocycles. The number of aryl methyl sites for hydroxylation is 1. The minimum atomic E-state index is -1.11. The van der Waals surface area contributed by atoms with E-state index in [1.807, 2.05) is 0 Å². The zero-order valence-electron chi connectivity index (χ0n) is 12.4. The molecule has 1 fully saturated rings. The van der Waals surface area contributed by atoms with Crippen LogP contribution in [0.3, 0.4) is 0 Å². The number of aromatic amines is 1. The van der Waals surface area contributed by atoms with E-state index in [4.69, 9.17) is 14.2 Å². The third-order valence-corrected chi connectivity index (χ3v) is 3.51. The second-order valence-electron chi connectivity index (χ2n) is 5.05. The van der Waals surface area contributed by atoms with Gasteiger partial charge in [0.1, 0.15) is 18.3 Å². The number of nitrogens with zero attached hydrogens (tertiary/aromatic N) is 1. The first-order chi connectivity index (χ1) is 10.5. The number of nitrogens with one attached hydrogen (secondary N) is 1. The van der Waals surface area contributed by atoms with Crippen LogP contribution in [0.2, 0.25) is 0 Å². The number of hydrogen-bond donors (Lipinski definition) is 3. The Labute approximate surface area is 126 Å². The molecule has 3 N–H and O–H groups in total. The van der Waals surface area contributed by atoms with Gasteiger partial charge in [-0.05, 0) is 6.92 Å². The van der Waals surface area contributed by atoms with E-state index >= 15 is 0 Å². The van der Waals surface area contributed by atoms with Gasteiger partial charge >= 0.3 is 5.69 Å². The van der Waals surface area contributed by atoms with Gasteiger partial charge < -0.3 is 24.4 Å². The lowest BCUT2D eigenvalue weighted by atomic mass is 10.1. The Kier molecular flexibility index (Phi) is 5.48. The van der Waals surface area contributed by atoms with E-state index in [2.05, 4.69) is 4.98 Å².